The Hall–Kier alpha value is -0.510. The highest BCUT2D eigenvalue weighted by molar-refractivity contribution is 4.92. The quantitative estimate of drug-likeness (QED) is 0.462. The van der Waals surface area contributed by atoms with E-state index in [1.165, 1.54) is 89.9 Å². The molecule has 0 aromatic heterocycles. The van der Waals surface area contributed by atoms with Crippen molar-refractivity contribution in [1.82, 2.24) is 0 Å². The number of nitrogens with zero attached hydrogens (tertiary/aromatic N) is 1. The van der Waals surface area contributed by atoms with Crippen molar-refractivity contribution in [2.24, 2.45) is 41.4 Å². The average molecular weight is 388 g/mol. The summed E-state index contributed by atoms with van der Waals surface area (Å²) in [6, 6.07) is 2.61. The highest BCUT2D eigenvalue weighted by Crippen LogP contribution is 2.44. The molecule has 2 unspecified atom stereocenters. The molecule has 162 valence electrons. The second kappa shape index (κ2) is 12.9. The fourth-order valence-electron chi connectivity index (χ4n) is 6.18. The van der Waals surface area contributed by atoms with Crippen molar-refractivity contribution in [3.63, 3.8) is 0 Å². The van der Waals surface area contributed by atoms with Crippen molar-refractivity contribution in [3.8, 4) is 6.07 Å². The Labute approximate surface area is 177 Å². The lowest BCUT2D eigenvalue weighted by molar-refractivity contribution is 0.118. The molecule has 0 bridgehead atoms. The van der Waals surface area contributed by atoms with E-state index in [9.17, 15) is 5.26 Å². The molecular formula is C27H49N. The van der Waals surface area contributed by atoms with Crippen molar-refractivity contribution < 1.29 is 0 Å². The maximum absolute atomic E-state index is 9.51. The average Bonchev–Trinajstić information content (AvgIpc) is 2.74. The predicted octanol–water partition coefficient (Wildman–Crippen LogP) is 8.78. The van der Waals surface area contributed by atoms with Crippen LogP contribution in [0.4, 0.5) is 0 Å². The molecule has 0 saturated heterocycles. The van der Waals surface area contributed by atoms with Gasteiger partial charge in [0.05, 0.1) is 6.07 Å². The molecule has 3 fully saturated rings. The van der Waals surface area contributed by atoms with Crippen LogP contribution in [0.2, 0.25) is 0 Å². The lowest BCUT2D eigenvalue weighted by Crippen LogP contribution is -2.29. The van der Waals surface area contributed by atoms with Gasteiger partial charge in [0.1, 0.15) is 0 Å². The van der Waals surface area contributed by atoms with E-state index in [0.29, 0.717) is 11.8 Å². The summed E-state index contributed by atoms with van der Waals surface area (Å²) in [6.07, 6.45) is 21.6. The van der Waals surface area contributed by atoms with Gasteiger partial charge < -0.3 is 0 Å². The van der Waals surface area contributed by atoms with E-state index in [-0.39, 0.29) is 5.92 Å². The van der Waals surface area contributed by atoms with Crippen LogP contribution in [-0.2, 0) is 0 Å². The smallest absolute Gasteiger partial charge is 0.0658 e. The predicted molar refractivity (Wildman–Crippen MR) is 122 cm³/mol. The van der Waals surface area contributed by atoms with Gasteiger partial charge in [0, 0.05) is 5.92 Å². The van der Waals surface area contributed by atoms with Gasteiger partial charge in [-0.2, -0.15) is 5.26 Å². The Morgan fingerprint density at radius 1 is 0.714 bits per heavy atom. The van der Waals surface area contributed by atoms with Gasteiger partial charge >= 0.3 is 0 Å². The molecule has 0 spiro atoms. The summed E-state index contributed by atoms with van der Waals surface area (Å²) in [5.74, 6) is 5.32. The van der Waals surface area contributed by atoms with Gasteiger partial charge in [-0.25, -0.2) is 0 Å². The summed E-state index contributed by atoms with van der Waals surface area (Å²) >= 11 is 0. The van der Waals surface area contributed by atoms with Crippen molar-refractivity contribution in [2.45, 2.75) is 124 Å². The minimum Gasteiger partial charge on any atom is -0.198 e. The molecule has 28 heavy (non-hydrogen) atoms. The van der Waals surface area contributed by atoms with Crippen molar-refractivity contribution in [3.05, 3.63) is 0 Å². The number of hydrogen-bond acceptors (Lipinski definition) is 1. The molecule has 0 aliphatic heterocycles. The molecular weight excluding hydrogens is 338 g/mol. The number of nitriles is 1. The molecule has 0 heterocycles. The normalized spacial score (nSPS) is 33.3. The molecule has 3 aliphatic carbocycles. The van der Waals surface area contributed by atoms with Gasteiger partial charge in [-0.05, 0) is 80.5 Å². The lowest BCUT2D eigenvalue weighted by atomic mass is 9.66. The van der Waals surface area contributed by atoms with Gasteiger partial charge in [-0.15, -0.1) is 0 Å². The van der Waals surface area contributed by atoms with Crippen LogP contribution in [-0.4, -0.2) is 0 Å². The monoisotopic (exact) mass is 387 g/mol. The standard InChI is InChI=1S/C21H37N.C6H12/c1-15(2)13-21(14-22)17(4)18-9-11-20(12-10-18)19-7-5-16(3)6-8-19;1-2-4-6-5-3-1/h15-21H,5-13H2,1-4H3;1-6H2. The van der Waals surface area contributed by atoms with Crippen molar-refractivity contribution in [1.29, 1.82) is 5.26 Å². The van der Waals surface area contributed by atoms with Crippen LogP contribution in [0, 0.1) is 52.8 Å². The fourth-order valence-corrected chi connectivity index (χ4v) is 6.18. The van der Waals surface area contributed by atoms with E-state index in [0.717, 1.165) is 30.1 Å². The zero-order valence-corrected chi connectivity index (χ0v) is 19.6. The molecule has 1 nitrogen and oxygen atoms in total. The topological polar surface area (TPSA) is 23.8 Å². The van der Waals surface area contributed by atoms with Gasteiger partial charge in [0.2, 0.25) is 0 Å². The van der Waals surface area contributed by atoms with E-state index in [4.69, 9.17) is 0 Å². The highest BCUT2D eigenvalue weighted by Gasteiger charge is 2.33. The van der Waals surface area contributed by atoms with E-state index in [1.54, 1.807) is 0 Å². The fraction of sp³-hybridized carbons (Fsp3) is 0.963. The van der Waals surface area contributed by atoms with Crippen molar-refractivity contribution in [2.75, 3.05) is 0 Å². The third-order valence-corrected chi connectivity index (χ3v) is 8.31. The molecule has 0 N–H and O–H groups in total. The maximum atomic E-state index is 9.51. The van der Waals surface area contributed by atoms with Crippen LogP contribution >= 0.6 is 0 Å². The highest BCUT2D eigenvalue weighted by atomic mass is 14.4. The molecule has 3 saturated carbocycles. The number of rotatable bonds is 5. The summed E-state index contributed by atoms with van der Waals surface area (Å²) in [6.45, 7) is 9.27. The van der Waals surface area contributed by atoms with Crippen molar-refractivity contribution >= 4 is 0 Å². The lowest BCUT2D eigenvalue weighted by Gasteiger charge is -2.39. The molecule has 2 atom stereocenters. The van der Waals surface area contributed by atoms with Crippen LogP contribution in [0.5, 0.6) is 0 Å². The summed E-state index contributed by atoms with van der Waals surface area (Å²) in [4.78, 5) is 0. The van der Waals surface area contributed by atoms with E-state index in [1.807, 2.05) is 0 Å². The molecule has 0 amide bonds. The molecule has 1 heteroatoms. The molecule has 0 radical (unpaired) electrons. The zero-order valence-electron chi connectivity index (χ0n) is 19.6. The minimum atomic E-state index is 0.275. The molecule has 3 rings (SSSR count). The summed E-state index contributed by atoms with van der Waals surface area (Å²) < 4.78 is 0. The Balaban J connectivity index is 0.000000397. The first kappa shape index (κ1) is 23.8. The van der Waals surface area contributed by atoms with Crippen LogP contribution in [0.1, 0.15) is 124 Å². The molecule has 0 aromatic carbocycles. The Morgan fingerprint density at radius 2 is 1.14 bits per heavy atom. The summed E-state index contributed by atoms with van der Waals surface area (Å²) in [7, 11) is 0. The van der Waals surface area contributed by atoms with Crippen LogP contribution in [0.25, 0.3) is 0 Å². The maximum Gasteiger partial charge on any atom is 0.0658 e. The van der Waals surface area contributed by atoms with E-state index in [2.05, 4.69) is 33.8 Å². The van der Waals surface area contributed by atoms with Gasteiger partial charge in [-0.3, -0.25) is 0 Å². The van der Waals surface area contributed by atoms with Crippen LogP contribution in [0.15, 0.2) is 0 Å². The Morgan fingerprint density at radius 3 is 1.54 bits per heavy atom. The van der Waals surface area contributed by atoms with Crippen LogP contribution in [0.3, 0.4) is 0 Å². The first-order valence-electron chi connectivity index (χ1n) is 12.9. The third kappa shape index (κ3) is 8.08. The van der Waals surface area contributed by atoms with Gasteiger partial charge in [-0.1, -0.05) is 79.1 Å². The minimum absolute atomic E-state index is 0.275. The van der Waals surface area contributed by atoms with Crippen LogP contribution < -0.4 is 0 Å². The first-order valence-corrected chi connectivity index (χ1v) is 12.9. The van der Waals surface area contributed by atoms with Gasteiger partial charge in [0.25, 0.3) is 0 Å². The van der Waals surface area contributed by atoms with Gasteiger partial charge in [0.15, 0.2) is 0 Å². The SMILES string of the molecule is C1CCCCC1.CC(C)CC(C#N)C(C)C1CCC(C2CCC(C)CC2)CC1. The first-order chi connectivity index (χ1) is 13.5. The largest absolute Gasteiger partial charge is 0.198 e. The Bertz CT molecular complexity index is 416. The summed E-state index contributed by atoms with van der Waals surface area (Å²) in [5.41, 5.74) is 0. The van der Waals surface area contributed by atoms with E-state index < -0.39 is 0 Å². The summed E-state index contributed by atoms with van der Waals surface area (Å²) in [5, 5.41) is 9.51. The number of hydrogen-bond donors (Lipinski definition) is 0. The molecule has 0 aromatic rings. The zero-order chi connectivity index (χ0) is 20.4. The second-order valence-corrected chi connectivity index (χ2v) is 11.0. The van der Waals surface area contributed by atoms with E-state index >= 15 is 0 Å². The molecule has 3 aliphatic rings. The second-order valence-electron chi connectivity index (χ2n) is 11.0. The third-order valence-electron chi connectivity index (χ3n) is 8.31. The Kier molecular flexibility index (Phi) is 11.0.